The van der Waals surface area contributed by atoms with Gasteiger partial charge in [0.05, 0.1) is 0 Å². The SMILES string of the molecule is CC[Si]1(C)O[SiH](C)O[SiH](C)O1. The van der Waals surface area contributed by atoms with Crippen LogP contribution in [0.1, 0.15) is 6.92 Å². The molecule has 2 unspecified atom stereocenters. The van der Waals surface area contributed by atoms with Crippen molar-refractivity contribution in [3.05, 3.63) is 0 Å². The van der Waals surface area contributed by atoms with Gasteiger partial charge in [-0.2, -0.15) is 0 Å². The summed E-state index contributed by atoms with van der Waals surface area (Å²) < 4.78 is 17.1. The van der Waals surface area contributed by atoms with E-state index in [0.29, 0.717) is 0 Å². The molecule has 2 atom stereocenters. The lowest BCUT2D eigenvalue weighted by molar-refractivity contribution is 0.269. The molecular weight excluding hydrogens is 192 g/mol. The van der Waals surface area contributed by atoms with E-state index in [1.165, 1.54) is 0 Å². The Morgan fingerprint density at radius 3 is 2.00 bits per heavy atom. The molecular formula is C5H16O3Si3. The van der Waals surface area contributed by atoms with Gasteiger partial charge in [-0.05, 0) is 25.7 Å². The Kier molecular flexibility index (Phi) is 3.06. The van der Waals surface area contributed by atoms with Gasteiger partial charge >= 0.3 is 8.56 Å². The summed E-state index contributed by atoms with van der Waals surface area (Å²) in [7, 11) is -4.33. The summed E-state index contributed by atoms with van der Waals surface area (Å²) in [5, 5.41) is 0. The van der Waals surface area contributed by atoms with Crippen LogP contribution in [-0.4, -0.2) is 27.1 Å². The van der Waals surface area contributed by atoms with Crippen LogP contribution in [0.2, 0.25) is 25.7 Å². The van der Waals surface area contributed by atoms with E-state index < -0.39 is 27.1 Å². The van der Waals surface area contributed by atoms with E-state index in [9.17, 15) is 0 Å². The van der Waals surface area contributed by atoms with Crippen LogP contribution in [0.25, 0.3) is 0 Å². The van der Waals surface area contributed by atoms with E-state index >= 15 is 0 Å². The fraction of sp³-hybridized carbons (Fsp3) is 1.00. The van der Waals surface area contributed by atoms with Crippen molar-refractivity contribution in [2.45, 2.75) is 32.6 Å². The molecule has 1 heterocycles. The van der Waals surface area contributed by atoms with Crippen molar-refractivity contribution in [2.24, 2.45) is 0 Å². The van der Waals surface area contributed by atoms with Crippen molar-refractivity contribution in [3.8, 4) is 0 Å². The summed E-state index contributed by atoms with van der Waals surface area (Å²) in [6.45, 7) is 8.46. The van der Waals surface area contributed by atoms with Crippen molar-refractivity contribution in [1.82, 2.24) is 0 Å². The number of hydrogen-bond donors (Lipinski definition) is 0. The molecule has 3 nitrogen and oxygen atoms in total. The summed E-state index contributed by atoms with van der Waals surface area (Å²) in [4.78, 5) is 0. The van der Waals surface area contributed by atoms with Gasteiger partial charge in [0.25, 0.3) is 18.6 Å². The van der Waals surface area contributed by atoms with E-state index in [4.69, 9.17) is 12.3 Å². The van der Waals surface area contributed by atoms with E-state index in [-0.39, 0.29) is 0 Å². The van der Waals surface area contributed by atoms with Crippen LogP contribution in [0.4, 0.5) is 0 Å². The van der Waals surface area contributed by atoms with Gasteiger partial charge in [-0.3, -0.25) is 0 Å². The first kappa shape index (κ1) is 9.62. The first-order valence-corrected chi connectivity index (χ1v) is 10.8. The van der Waals surface area contributed by atoms with Gasteiger partial charge in [0.1, 0.15) is 0 Å². The summed E-state index contributed by atoms with van der Waals surface area (Å²) >= 11 is 0. The van der Waals surface area contributed by atoms with Gasteiger partial charge in [0, 0.05) is 0 Å². The molecule has 1 fully saturated rings. The van der Waals surface area contributed by atoms with Crippen LogP contribution >= 0.6 is 0 Å². The van der Waals surface area contributed by atoms with Gasteiger partial charge in [-0.15, -0.1) is 0 Å². The highest BCUT2D eigenvalue weighted by molar-refractivity contribution is 6.82. The molecule has 0 aromatic carbocycles. The quantitative estimate of drug-likeness (QED) is 0.598. The van der Waals surface area contributed by atoms with Gasteiger partial charge in [-0.1, -0.05) is 6.92 Å². The Hall–Kier alpha value is 0.531. The molecule has 11 heavy (non-hydrogen) atoms. The largest absolute Gasteiger partial charge is 0.420 e. The molecule has 0 aliphatic carbocycles. The molecule has 6 heteroatoms. The third-order valence-electron chi connectivity index (χ3n) is 1.86. The molecule has 1 aliphatic heterocycles. The highest BCUT2D eigenvalue weighted by Gasteiger charge is 2.39. The fourth-order valence-corrected chi connectivity index (χ4v) is 12.5. The third kappa shape index (κ3) is 2.49. The zero-order chi connectivity index (χ0) is 8.48. The van der Waals surface area contributed by atoms with Crippen LogP contribution < -0.4 is 0 Å². The summed E-state index contributed by atoms with van der Waals surface area (Å²) in [5.41, 5.74) is 0. The average Bonchev–Trinajstić information content (AvgIpc) is 1.84. The first-order valence-electron chi connectivity index (χ1n) is 4.07. The molecule has 0 saturated carbocycles. The maximum atomic E-state index is 5.76. The maximum Gasteiger partial charge on any atom is 0.316 e. The lowest BCUT2D eigenvalue weighted by atomic mass is 11.0. The minimum Gasteiger partial charge on any atom is -0.420 e. The van der Waals surface area contributed by atoms with Crippen molar-refractivity contribution < 1.29 is 12.3 Å². The second kappa shape index (κ2) is 3.50. The minimum atomic E-state index is -1.74. The fourth-order valence-electron chi connectivity index (χ4n) is 1.22. The molecule has 0 spiro atoms. The smallest absolute Gasteiger partial charge is 0.316 e. The lowest BCUT2D eigenvalue weighted by Crippen LogP contribution is -2.54. The minimum absolute atomic E-state index is 1.05. The maximum absolute atomic E-state index is 5.76. The van der Waals surface area contributed by atoms with Crippen molar-refractivity contribution in [3.63, 3.8) is 0 Å². The van der Waals surface area contributed by atoms with Crippen LogP contribution in [0, 0.1) is 0 Å². The van der Waals surface area contributed by atoms with Crippen LogP contribution in [0.5, 0.6) is 0 Å². The topological polar surface area (TPSA) is 27.7 Å². The van der Waals surface area contributed by atoms with E-state index in [1.54, 1.807) is 0 Å². The van der Waals surface area contributed by atoms with Gasteiger partial charge in [0.2, 0.25) is 0 Å². The Balaban J connectivity index is 2.55. The molecule has 1 rings (SSSR count). The highest BCUT2D eigenvalue weighted by Crippen LogP contribution is 2.20. The highest BCUT2D eigenvalue weighted by atomic mass is 28.5. The average molecular weight is 208 g/mol. The molecule has 0 bridgehead atoms. The van der Waals surface area contributed by atoms with Crippen molar-refractivity contribution in [1.29, 1.82) is 0 Å². The third-order valence-corrected chi connectivity index (χ3v) is 12.9. The predicted octanol–water partition coefficient (Wildman–Crippen LogP) is 0.842. The Labute approximate surface area is 72.6 Å². The molecule has 1 saturated heterocycles. The van der Waals surface area contributed by atoms with Gasteiger partial charge in [0.15, 0.2) is 0 Å². The first-order chi connectivity index (χ1) is 5.06. The second-order valence-electron chi connectivity index (χ2n) is 2.99. The normalized spacial score (nSPS) is 45.8. The molecule has 0 aromatic rings. The van der Waals surface area contributed by atoms with Gasteiger partial charge < -0.3 is 12.3 Å². The predicted molar refractivity (Wildman–Crippen MR) is 51.4 cm³/mol. The second-order valence-corrected chi connectivity index (χ2v) is 11.2. The molecule has 0 N–H and O–H groups in total. The molecule has 0 aromatic heterocycles. The monoisotopic (exact) mass is 208 g/mol. The van der Waals surface area contributed by atoms with Crippen molar-refractivity contribution in [2.75, 3.05) is 0 Å². The number of hydrogen-bond acceptors (Lipinski definition) is 3. The van der Waals surface area contributed by atoms with Crippen LogP contribution in [0.15, 0.2) is 0 Å². The van der Waals surface area contributed by atoms with Crippen LogP contribution in [0.3, 0.4) is 0 Å². The lowest BCUT2D eigenvalue weighted by Gasteiger charge is -2.37. The molecule has 1 aliphatic rings. The molecule has 66 valence electrons. The van der Waals surface area contributed by atoms with E-state index in [1.807, 2.05) is 0 Å². The molecule has 0 amide bonds. The standard InChI is InChI=1S/C5H16O3Si3/c1-5-11(4)7-9(2)6-10(3)8-11/h9-10H,5H2,1-4H3. The summed E-state index contributed by atoms with van der Waals surface area (Å²) in [6, 6.07) is 1.05. The Bertz CT molecular complexity index is 133. The summed E-state index contributed by atoms with van der Waals surface area (Å²) in [6.07, 6.45) is 0. The number of rotatable bonds is 1. The summed E-state index contributed by atoms with van der Waals surface area (Å²) in [5.74, 6) is 0. The van der Waals surface area contributed by atoms with Crippen LogP contribution in [-0.2, 0) is 12.3 Å². The zero-order valence-electron chi connectivity index (χ0n) is 7.59. The van der Waals surface area contributed by atoms with Crippen molar-refractivity contribution >= 4 is 27.1 Å². The van der Waals surface area contributed by atoms with E-state index in [0.717, 1.165) is 6.04 Å². The zero-order valence-corrected chi connectivity index (χ0v) is 10.9. The Morgan fingerprint density at radius 2 is 1.64 bits per heavy atom. The van der Waals surface area contributed by atoms with E-state index in [2.05, 4.69) is 26.6 Å². The van der Waals surface area contributed by atoms with Gasteiger partial charge in [-0.25, -0.2) is 0 Å². The molecule has 0 radical (unpaired) electrons. The Morgan fingerprint density at radius 1 is 1.18 bits per heavy atom.